The Labute approximate surface area is 162 Å². The zero-order valence-electron chi connectivity index (χ0n) is 13.9. The van der Waals surface area contributed by atoms with Crippen LogP contribution in [0.25, 0.3) is 0 Å². The van der Waals surface area contributed by atoms with Crippen molar-refractivity contribution in [2.24, 2.45) is 0 Å². The van der Waals surface area contributed by atoms with Crippen molar-refractivity contribution in [2.75, 3.05) is 4.90 Å². The molecular weight excluding hydrogens is 412 g/mol. The maximum atomic E-state index is 12.8. The molecule has 0 radical (unpaired) electrons. The number of halogens is 1. The maximum absolute atomic E-state index is 12.8. The van der Waals surface area contributed by atoms with Crippen LogP contribution in [0.1, 0.15) is 36.8 Å². The highest BCUT2D eigenvalue weighted by molar-refractivity contribution is 9.10. The first-order valence-corrected chi connectivity index (χ1v) is 8.93. The van der Waals surface area contributed by atoms with Gasteiger partial charge in [-0.3, -0.25) is 14.4 Å². The average molecular weight is 425 g/mol. The van der Waals surface area contributed by atoms with Crippen molar-refractivity contribution in [3.05, 3.63) is 87.8 Å². The summed E-state index contributed by atoms with van der Waals surface area (Å²) in [7, 11) is 0. The minimum atomic E-state index is -0.446. The summed E-state index contributed by atoms with van der Waals surface area (Å²) < 4.78 is 6.02. The summed E-state index contributed by atoms with van der Waals surface area (Å²) >= 11 is 3.33. The second-order valence-corrected chi connectivity index (χ2v) is 6.86. The number of anilines is 1. The summed E-state index contributed by atoms with van der Waals surface area (Å²) in [5.41, 5.74) is 1.28. The Kier molecular flexibility index (Phi) is 4.37. The monoisotopic (exact) mass is 424 g/mol. The van der Waals surface area contributed by atoms with Crippen LogP contribution in [0.5, 0.6) is 0 Å². The molecule has 134 valence electrons. The van der Waals surface area contributed by atoms with E-state index >= 15 is 0 Å². The number of fused-ring (bicyclic) bond motifs is 1. The van der Waals surface area contributed by atoms with Gasteiger partial charge >= 0.3 is 0 Å². The molecule has 0 fully saturated rings. The highest BCUT2D eigenvalue weighted by Crippen LogP contribution is 2.29. The number of carbonyl (C=O) groups is 3. The van der Waals surface area contributed by atoms with Crippen molar-refractivity contribution in [3.8, 4) is 0 Å². The zero-order valence-corrected chi connectivity index (χ0v) is 15.5. The number of benzene rings is 2. The smallest absolute Gasteiger partial charge is 0.266 e. The predicted octanol–water partition coefficient (Wildman–Crippen LogP) is 3.77. The molecule has 1 aromatic heterocycles. The molecule has 4 rings (SSSR count). The van der Waals surface area contributed by atoms with Gasteiger partial charge in [0, 0.05) is 10.0 Å². The topological polar surface area (TPSA) is 79.6 Å². The van der Waals surface area contributed by atoms with Crippen LogP contribution in [0.3, 0.4) is 0 Å². The van der Waals surface area contributed by atoms with Gasteiger partial charge in [0.05, 0.1) is 29.6 Å². The molecule has 2 aromatic carbocycles. The summed E-state index contributed by atoms with van der Waals surface area (Å²) in [4.78, 5) is 38.9. The Hall–Kier alpha value is -3.19. The van der Waals surface area contributed by atoms with Gasteiger partial charge in [-0.2, -0.15) is 0 Å². The van der Waals surface area contributed by atoms with Crippen molar-refractivity contribution in [3.63, 3.8) is 0 Å². The van der Waals surface area contributed by atoms with E-state index in [2.05, 4.69) is 21.2 Å². The van der Waals surface area contributed by atoms with Crippen molar-refractivity contribution in [1.82, 2.24) is 5.32 Å². The lowest BCUT2D eigenvalue weighted by Crippen LogP contribution is -2.29. The fourth-order valence-electron chi connectivity index (χ4n) is 2.89. The van der Waals surface area contributed by atoms with Gasteiger partial charge < -0.3 is 9.73 Å². The number of hydrogen-bond acceptors (Lipinski definition) is 4. The molecule has 2 heterocycles. The third kappa shape index (κ3) is 3.17. The minimum absolute atomic E-state index is 0.216. The lowest BCUT2D eigenvalue weighted by atomic mass is 10.1. The number of rotatable bonds is 4. The number of imide groups is 1. The Morgan fingerprint density at radius 2 is 1.74 bits per heavy atom. The quantitative estimate of drug-likeness (QED) is 0.646. The number of furan rings is 1. The number of hydrogen-bond donors (Lipinski definition) is 1. The van der Waals surface area contributed by atoms with Crippen molar-refractivity contribution >= 4 is 39.3 Å². The van der Waals surface area contributed by atoms with E-state index in [1.165, 1.54) is 24.5 Å². The van der Waals surface area contributed by atoms with Gasteiger partial charge in [0.25, 0.3) is 17.7 Å². The van der Waals surface area contributed by atoms with Crippen molar-refractivity contribution < 1.29 is 18.8 Å². The first kappa shape index (κ1) is 17.2. The van der Waals surface area contributed by atoms with Crippen LogP contribution in [0.4, 0.5) is 5.69 Å². The molecule has 1 aliphatic heterocycles. The summed E-state index contributed by atoms with van der Waals surface area (Å²) in [6, 6.07) is 14.9. The Morgan fingerprint density at radius 1 is 1.00 bits per heavy atom. The molecule has 0 unspecified atom stereocenters. The lowest BCUT2D eigenvalue weighted by molar-refractivity contribution is 0.0923. The van der Waals surface area contributed by atoms with Gasteiger partial charge in [0.15, 0.2) is 0 Å². The van der Waals surface area contributed by atoms with Crippen LogP contribution >= 0.6 is 15.9 Å². The largest absolute Gasteiger partial charge is 0.467 e. The molecule has 0 saturated heterocycles. The highest BCUT2D eigenvalue weighted by atomic mass is 79.9. The highest BCUT2D eigenvalue weighted by Gasteiger charge is 2.37. The SMILES string of the molecule is O=C(NCc1ccco1)c1ccc2c(c1)C(=O)N(c1ccc(Br)cc1)C2=O. The molecule has 0 aliphatic carbocycles. The average Bonchev–Trinajstić information content (AvgIpc) is 3.28. The lowest BCUT2D eigenvalue weighted by Gasteiger charge is -2.13. The van der Waals surface area contributed by atoms with Gasteiger partial charge in [-0.05, 0) is 54.6 Å². The molecule has 1 aliphatic rings. The summed E-state index contributed by atoms with van der Waals surface area (Å²) in [5, 5.41) is 2.72. The normalized spacial score (nSPS) is 13.0. The van der Waals surface area contributed by atoms with E-state index in [1.54, 1.807) is 36.4 Å². The van der Waals surface area contributed by atoms with E-state index < -0.39 is 11.8 Å². The van der Waals surface area contributed by atoms with Crippen LogP contribution in [0.2, 0.25) is 0 Å². The number of amides is 3. The fourth-order valence-corrected chi connectivity index (χ4v) is 3.15. The first-order valence-electron chi connectivity index (χ1n) is 8.13. The summed E-state index contributed by atoms with van der Waals surface area (Å²) in [6.45, 7) is 0.237. The van der Waals surface area contributed by atoms with Crippen LogP contribution < -0.4 is 10.2 Å². The van der Waals surface area contributed by atoms with E-state index in [9.17, 15) is 14.4 Å². The number of nitrogens with one attached hydrogen (secondary N) is 1. The van der Waals surface area contributed by atoms with Crippen LogP contribution in [-0.4, -0.2) is 17.7 Å². The van der Waals surface area contributed by atoms with Gasteiger partial charge in [-0.25, -0.2) is 4.90 Å². The van der Waals surface area contributed by atoms with Crippen molar-refractivity contribution in [2.45, 2.75) is 6.54 Å². The zero-order chi connectivity index (χ0) is 19.0. The Balaban J connectivity index is 1.58. The van der Waals surface area contributed by atoms with E-state index in [-0.39, 0.29) is 23.6 Å². The fraction of sp³-hybridized carbons (Fsp3) is 0.0500. The molecule has 3 amide bonds. The predicted molar refractivity (Wildman–Crippen MR) is 102 cm³/mol. The molecule has 0 saturated carbocycles. The molecular formula is C20H13BrN2O4. The third-order valence-corrected chi connectivity index (χ3v) is 4.77. The summed E-state index contributed by atoms with van der Waals surface area (Å²) in [6.07, 6.45) is 1.53. The standard InChI is InChI=1S/C20H13BrN2O4/c21-13-4-6-14(7-5-13)23-19(25)16-8-3-12(10-17(16)20(23)26)18(24)22-11-15-2-1-9-27-15/h1-10H,11H2,(H,22,24). The van der Waals surface area contributed by atoms with E-state index in [1.807, 2.05) is 0 Å². The summed E-state index contributed by atoms with van der Waals surface area (Å²) in [5.74, 6) is -0.577. The third-order valence-electron chi connectivity index (χ3n) is 4.24. The van der Waals surface area contributed by atoms with E-state index in [4.69, 9.17) is 4.42 Å². The Bertz CT molecular complexity index is 1040. The molecule has 27 heavy (non-hydrogen) atoms. The first-order chi connectivity index (χ1) is 13.0. The van der Waals surface area contributed by atoms with Gasteiger partial charge in [-0.15, -0.1) is 0 Å². The second-order valence-electron chi connectivity index (χ2n) is 5.94. The van der Waals surface area contributed by atoms with Crippen molar-refractivity contribution in [1.29, 1.82) is 0 Å². The number of carbonyl (C=O) groups excluding carboxylic acids is 3. The second kappa shape index (κ2) is 6.85. The van der Waals surface area contributed by atoms with E-state index in [0.717, 1.165) is 9.37 Å². The Morgan fingerprint density at radius 3 is 2.44 bits per heavy atom. The molecule has 3 aromatic rings. The van der Waals surface area contributed by atoms with Crippen LogP contribution in [0, 0.1) is 0 Å². The van der Waals surface area contributed by atoms with Gasteiger partial charge in [0.2, 0.25) is 0 Å². The molecule has 0 atom stereocenters. The number of nitrogens with zero attached hydrogens (tertiary/aromatic N) is 1. The molecule has 0 bridgehead atoms. The maximum Gasteiger partial charge on any atom is 0.266 e. The van der Waals surface area contributed by atoms with Crippen LogP contribution in [-0.2, 0) is 6.54 Å². The molecule has 7 heteroatoms. The molecule has 0 spiro atoms. The molecule has 6 nitrogen and oxygen atoms in total. The van der Waals surface area contributed by atoms with Gasteiger partial charge in [-0.1, -0.05) is 15.9 Å². The minimum Gasteiger partial charge on any atom is -0.467 e. The van der Waals surface area contributed by atoms with E-state index in [0.29, 0.717) is 17.0 Å². The van der Waals surface area contributed by atoms with Crippen LogP contribution in [0.15, 0.2) is 69.8 Å². The molecule has 1 N–H and O–H groups in total. The van der Waals surface area contributed by atoms with Gasteiger partial charge in [0.1, 0.15) is 5.76 Å².